The number of nitrogens with zero attached hydrogens (tertiary/aromatic N) is 6. The molecule has 5 heterocycles. The molecule has 2 aromatic carbocycles. The Morgan fingerprint density at radius 3 is 1.31 bits per heavy atom. The average Bonchev–Trinajstić information content (AvgIpc) is 3.73. The predicted molar refractivity (Wildman–Crippen MR) is 149 cm³/mol. The number of hydrogen-bond acceptors (Lipinski definition) is 2. The maximum Gasteiger partial charge on any atom is 2.00 e. The van der Waals surface area contributed by atoms with Crippen LogP contribution < -0.4 is 9.97 Å². The van der Waals surface area contributed by atoms with Gasteiger partial charge in [-0.1, -0.05) is 88.4 Å². The third-order valence-corrected chi connectivity index (χ3v) is 7.68. The van der Waals surface area contributed by atoms with E-state index in [0.29, 0.717) is 0 Å². The fourth-order valence-corrected chi connectivity index (χ4v) is 5.39. The maximum absolute atomic E-state index is 5.17. The van der Waals surface area contributed by atoms with Crippen molar-refractivity contribution >= 4 is 0 Å². The van der Waals surface area contributed by atoms with Crippen LogP contribution in [-0.2, 0) is 27.9 Å². The molecular weight excluding hydrogens is 532 g/mol. The standard InChI is InChI=1S/C32H28N6.Cu/c1-31(2)27-17-15-23(33-27)26-20-38(22-13-9-6-10-14-22)30(36-26)32(3,4)28-18-16-24(34-28)25-19-37(29(31)35-25)21-11-7-5-8-12-21;/h5-20H,1-4H3;/q-2;+2. The van der Waals surface area contributed by atoms with Crippen molar-refractivity contribution in [2.75, 3.05) is 0 Å². The smallest absolute Gasteiger partial charge is 0.659 e. The quantitative estimate of drug-likeness (QED) is 0.235. The van der Waals surface area contributed by atoms with Crippen molar-refractivity contribution in [3.05, 3.63) is 120 Å². The summed E-state index contributed by atoms with van der Waals surface area (Å²) in [6.45, 7) is 8.71. The number of fused-ring (bicyclic) bond motifs is 10. The average molecular weight is 560 g/mol. The SMILES string of the molecule is CC1(C)c2ccc([n-]2)-c2cn(-c3ccccc3)c(n2)C(C)(C)c2ccc([n-]2)-c2cn(-c3ccccc3)c1n2.[Cu+2]. The van der Waals surface area contributed by atoms with Crippen LogP contribution >= 0.6 is 0 Å². The van der Waals surface area contributed by atoms with Crippen LogP contribution in [0.3, 0.4) is 0 Å². The molecule has 0 N–H and O–H groups in total. The van der Waals surface area contributed by atoms with Crippen molar-refractivity contribution in [2.24, 2.45) is 0 Å². The molecule has 39 heavy (non-hydrogen) atoms. The minimum atomic E-state index is -0.462. The zero-order valence-corrected chi connectivity index (χ0v) is 23.2. The predicted octanol–water partition coefficient (Wildman–Crippen LogP) is 6.27. The van der Waals surface area contributed by atoms with E-state index in [1.54, 1.807) is 0 Å². The molecule has 197 valence electrons. The van der Waals surface area contributed by atoms with Gasteiger partial charge in [0, 0.05) is 34.6 Å². The second kappa shape index (κ2) is 9.01. The summed E-state index contributed by atoms with van der Waals surface area (Å²) >= 11 is 0. The molecular formula is C32H28CuN6. The fraction of sp³-hybridized carbons (Fsp3) is 0.188. The third kappa shape index (κ3) is 3.92. The van der Waals surface area contributed by atoms with Gasteiger partial charge in [0.05, 0.1) is 11.4 Å². The third-order valence-electron chi connectivity index (χ3n) is 7.68. The molecule has 6 nitrogen and oxygen atoms in total. The number of imidazole rings is 2. The Kier molecular flexibility index (Phi) is 5.83. The first-order chi connectivity index (χ1) is 18.3. The van der Waals surface area contributed by atoms with Gasteiger partial charge in [0.1, 0.15) is 11.6 Å². The van der Waals surface area contributed by atoms with E-state index in [4.69, 9.17) is 19.9 Å². The van der Waals surface area contributed by atoms with Gasteiger partial charge in [0.25, 0.3) is 0 Å². The summed E-state index contributed by atoms with van der Waals surface area (Å²) in [4.78, 5) is 20.6. The number of rotatable bonds is 2. The Labute approximate surface area is 238 Å². The van der Waals surface area contributed by atoms with Gasteiger partial charge in [0.15, 0.2) is 0 Å². The van der Waals surface area contributed by atoms with Crippen LogP contribution in [-0.4, -0.2) is 19.1 Å². The monoisotopic (exact) mass is 559 g/mol. The number of para-hydroxylation sites is 2. The van der Waals surface area contributed by atoms with Crippen LogP contribution in [0.25, 0.3) is 34.2 Å². The van der Waals surface area contributed by atoms with Crippen molar-refractivity contribution in [3.63, 3.8) is 0 Å². The van der Waals surface area contributed by atoms with Crippen LogP contribution in [0.15, 0.2) is 97.3 Å². The molecule has 0 saturated heterocycles. The maximum atomic E-state index is 5.17. The molecule has 0 spiro atoms. The molecule has 0 saturated carbocycles. The van der Waals surface area contributed by atoms with Gasteiger partial charge >= 0.3 is 17.1 Å². The zero-order valence-electron chi connectivity index (χ0n) is 22.2. The van der Waals surface area contributed by atoms with Crippen molar-refractivity contribution < 1.29 is 17.1 Å². The zero-order chi connectivity index (χ0) is 26.1. The molecule has 4 aromatic heterocycles. The van der Waals surface area contributed by atoms with E-state index in [1.807, 2.05) is 12.1 Å². The molecule has 1 aliphatic rings. The minimum Gasteiger partial charge on any atom is -0.659 e. The number of benzene rings is 2. The van der Waals surface area contributed by atoms with Gasteiger partial charge < -0.3 is 19.1 Å². The number of aromatic nitrogens is 6. The molecule has 0 unspecified atom stereocenters. The van der Waals surface area contributed by atoms with Crippen LogP contribution in [0.2, 0.25) is 0 Å². The molecule has 0 aliphatic carbocycles. The Hall–Kier alpha value is -4.06. The van der Waals surface area contributed by atoms with E-state index in [-0.39, 0.29) is 17.1 Å². The van der Waals surface area contributed by atoms with E-state index in [1.165, 1.54) is 0 Å². The molecule has 8 bridgehead atoms. The molecule has 1 radical (unpaired) electrons. The van der Waals surface area contributed by atoms with Crippen molar-refractivity contribution in [1.82, 2.24) is 29.1 Å². The minimum absolute atomic E-state index is 0. The summed E-state index contributed by atoms with van der Waals surface area (Å²) in [7, 11) is 0. The summed E-state index contributed by atoms with van der Waals surface area (Å²) in [5, 5.41) is 0. The van der Waals surface area contributed by atoms with Crippen LogP contribution in [0.5, 0.6) is 0 Å². The van der Waals surface area contributed by atoms with Crippen LogP contribution in [0.1, 0.15) is 50.7 Å². The Morgan fingerprint density at radius 2 is 0.923 bits per heavy atom. The van der Waals surface area contributed by atoms with Crippen molar-refractivity contribution in [1.29, 1.82) is 0 Å². The molecule has 6 aromatic rings. The van der Waals surface area contributed by atoms with E-state index in [0.717, 1.165) is 57.2 Å². The largest absolute Gasteiger partial charge is 2.00 e. The number of hydrogen-bond donors (Lipinski definition) is 0. The van der Waals surface area contributed by atoms with Gasteiger partial charge in [-0.3, -0.25) is 0 Å². The second-order valence-electron chi connectivity index (χ2n) is 11.0. The Morgan fingerprint density at radius 1 is 0.538 bits per heavy atom. The summed E-state index contributed by atoms with van der Waals surface area (Å²) < 4.78 is 4.34. The van der Waals surface area contributed by atoms with E-state index in [2.05, 4.69) is 122 Å². The molecule has 0 amide bonds. The Balaban J connectivity index is 0.00000277. The normalized spacial score (nSPS) is 14.9. The fourth-order valence-electron chi connectivity index (χ4n) is 5.39. The molecule has 0 fully saturated rings. The van der Waals surface area contributed by atoms with Gasteiger partial charge in [-0.05, 0) is 24.3 Å². The molecule has 1 aliphatic heterocycles. The summed E-state index contributed by atoms with van der Waals surface area (Å²) in [6.07, 6.45) is 4.19. The first-order valence-electron chi connectivity index (χ1n) is 12.9. The van der Waals surface area contributed by atoms with Crippen LogP contribution in [0.4, 0.5) is 0 Å². The summed E-state index contributed by atoms with van der Waals surface area (Å²) in [5.41, 5.74) is 6.48. The van der Waals surface area contributed by atoms with Gasteiger partial charge in [-0.25, -0.2) is 9.97 Å². The van der Waals surface area contributed by atoms with E-state index < -0.39 is 10.8 Å². The summed E-state index contributed by atoms with van der Waals surface area (Å²) in [6, 6.07) is 29.0. The topological polar surface area (TPSA) is 63.8 Å². The molecule has 0 atom stereocenters. The first-order valence-corrected chi connectivity index (χ1v) is 12.9. The van der Waals surface area contributed by atoms with Gasteiger partial charge in [0.2, 0.25) is 0 Å². The Bertz CT molecular complexity index is 1630. The molecule has 7 rings (SSSR count). The second-order valence-corrected chi connectivity index (χ2v) is 11.0. The van der Waals surface area contributed by atoms with Crippen molar-refractivity contribution in [2.45, 2.75) is 38.5 Å². The molecule has 7 heteroatoms. The van der Waals surface area contributed by atoms with E-state index >= 15 is 0 Å². The van der Waals surface area contributed by atoms with Crippen molar-refractivity contribution in [3.8, 4) is 34.2 Å². The first kappa shape index (κ1) is 25.2. The van der Waals surface area contributed by atoms with E-state index in [9.17, 15) is 0 Å². The van der Waals surface area contributed by atoms with Crippen LogP contribution in [0, 0.1) is 0 Å². The van der Waals surface area contributed by atoms with Gasteiger partial charge in [-0.2, -0.15) is 0 Å². The van der Waals surface area contributed by atoms with Gasteiger partial charge in [-0.15, -0.1) is 22.8 Å². The summed E-state index contributed by atoms with van der Waals surface area (Å²) in [5.74, 6) is 1.83.